The Hall–Kier alpha value is -3.28. The average Bonchev–Trinajstić information content (AvgIpc) is 3.15. The first-order valence-corrected chi connectivity index (χ1v) is 7.45. The molecule has 1 saturated heterocycles. The Morgan fingerprint density at radius 1 is 1.04 bits per heavy atom. The second kappa shape index (κ2) is 5.42. The highest BCUT2D eigenvalue weighted by Crippen LogP contribution is 2.33. The Labute approximate surface area is 138 Å². The van der Waals surface area contributed by atoms with Crippen LogP contribution in [0.5, 0.6) is 11.5 Å². The van der Waals surface area contributed by atoms with E-state index in [0.29, 0.717) is 22.7 Å². The SMILES string of the molecule is Cc1ccc(N2NC(=O)C(=Cc3ccc4c(c3)OCO4)C2=O)cc1. The number of hydrogen-bond acceptors (Lipinski definition) is 4. The molecule has 2 aromatic carbocycles. The maximum atomic E-state index is 12.6. The fourth-order valence-corrected chi connectivity index (χ4v) is 2.60. The molecule has 0 saturated carbocycles. The lowest BCUT2D eigenvalue weighted by Crippen LogP contribution is -2.35. The Bertz CT molecular complexity index is 871. The minimum Gasteiger partial charge on any atom is -0.454 e. The van der Waals surface area contributed by atoms with E-state index < -0.39 is 5.91 Å². The van der Waals surface area contributed by atoms with Gasteiger partial charge in [0.1, 0.15) is 5.57 Å². The molecule has 2 aliphatic rings. The van der Waals surface area contributed by atoms with Gasteiger partial charge in [0.15, 0.2) is 11.5 Å². The van der Waals surface area contributed by atoms with E-state index in [1.54, 1.807) is 36.4 Å². The summed E-state index contributed by atoms with van der Waals surface area (Å²) < 4.78 is 10.6. The number of ether oxygens (including phenoxy) is 2. The first-order valence-electron chi connectivity index (χ1n) is 7.45. The molecule has 0 unspecified atom stereocenters. The Kier molecular flexibility index (Phi) is 3.23. The van der Waals surface area contributed by atoms with Crippen molar-refractivity contribution < 1.29 is 19.1 Å². The molecule has 2 heterocycles. The highest BCUT2D eigenvalue weighted by atomic mass is 16.7. The van der Waals surface area contributed by atoms with Crippen LogP contribution in [0.2, 0.25) is 0 Å². The lowest BCUT2D eigenvalue weighted by atomic mass is 10.1. The summed E-state index contributed by atoms with van der Waals surface area (Å²) in [5.41, 5.74) is 5.05. The Morgan fingerprint density at radius 2 is 1.79 bits per heavy atom. The van der Waals surface area contributed by atoms with Crippen LogP contribution in [0.15, 0.2) is 48.0 Å². The predicted octanol–water partition coefficient (Wildman–Crippen LogP) is 2.19. The third-order valence-electron chi connectivity index (χ3n) is 3.89. The van der Waals surface area contributed by atoms with Crippen molar-refractivity contribution >= 4 is 23.6 Å². The van der Waals surface area contributed by atoms with Gasteiger partial charge in [-0.15, -0.1) is 0 Å². The number of amides is 2. The van der Waals surface area contributed by atoms with Crippen LogP contribution in [0.25, 0.3) is 6.08 Å². The van der Waals surface area contributed by atoms with Crippen molar-refractivity contribution in [3.05, 3.63) is 59.2 Å². The van der Waals surface area contributed by atoms with E-state index in [1.807, 2.05) is 19.1 Å². The predicted molar refractivity (Wildman–Crippen MR) is 87.3 cm³/mol. The molecule has 0 radical (unpaired) electrons. The van der Waals surface area contributed by atoms with Crippen molar-refractivity contribution in [2.24, 2.45) is 0 Å². The first kappa shape index (κ1) is 14.3. The minimum absolute atomic E-state index is 0.0782. The minimum atomic E-state index is -0.432. The summed E-state index contributed by atoms with van der Waals surface area (Å²) in [4.78, 5) is 24.7. The molecule has 6 heteroatoms. The summed E-state index contributed by atoms with van der Waals surface area (Å²) in [7, 11) is 0. The molecule has 0 spiro atoms. The third kappa shape index (κ3) is 2.38. The number of benzene rings is 2. The van der Waals surface area contributed by atoms with Gasteiger partial charge in [-0.25, -0.2) is 5.01 Å². The van der Waals surface area contributed by atoms with Crippen LogP contribution in [-0.2, 0) is 9.59 Å². The number of hydrogen-bond donors (Lipinski definition) is 1. The molecule has 120 valence electrons. The number of anilines is 1. The van der Waals surface area contributed by atoms with Crippen LogP contribution in [0.3, 0.4) is 0 Å². The number of rotatable bonds is 2. The second-order valence-corrected chi connectivity index (χ2v) is 5.59. The summed E-state index contributed by atoms with van der Waals surface area (Å²) in [5.74, 6) is 0.436. The number of hydrazine groups is 1. The summed E-state index contributed by atoms with van der Waals surface area (Å²) in [5, 5.41) is 1.25. The molecule has 24 heavy (non-hydrogen) atoms. The van der Waals surface area contributed by atoms with Crippen LogP contribution in [0.4, 0.5) is 5.69 Å². The molecule has 0 aliphatic carbocycles. The van der Waals surface area contributed by atoms with Crippen LogP contribution in [0.1, 0.15) is 11.1 Å². The van der Waals surface area contributed by atoms with Crippen molar-refractivity contribution in [2.45, 2.75) is 6.92 Å². The van der Waals surface area contributed by atoms with Gasteiger partial charge >= 0.3 is 0 Å². The fraction of sp³-hybridized carbons (Fsp3) is 0.111. The van der Waals surface area contributed by atoms with E-state index in [0.717, 1.165) is 5.56 Å². The highest BCUT2D eigenvalue weighted by Gasteiger charge is 2.34. The zero-order valence-electron chi connectivity index (χ0n) is 12.9. The van der Waals surface area contributed by atoms with Crippen LogP contribution in [0, 0.1) is 6.92 Å². The van der Waals surface area contributed by atoms with Gasteiger partial charge in [-0.2, -0.15) is 0 Å². The van der Waals surface area contributed by atoms with Gasteiger partial charge in [0, 0.05) is 0 Å². The average molecular weight is 322 g/mol. The summed E-state index contributed by atoms with van der Waals surface area (Å²) in [6, 6.07) is 12.6. The van der Waals surface area contributed by atoms with Crippen molar-refractivity contribution in [3.63, 3.8) is 0 Å². The maximum Gasteiger partial charge on any atom is 0.282 e. The molecule has 2 amide bonds. The van der Waals surface area contributed by atoms with Gasteiger partial charge in [0.05, 0.1) is 5.69 Å². The van der Waals surface area contributed by atoms with Crippen LogP contribution >= 0.6 is 0 Å². The summed E-state index contributed by atoms with van der Waals surface area (Å²) in [6.07, 6.45) is 1.55. The molecule has 0 aromatic heterocycles. The Morgan fingerprint density at radius 3 is 2.58 bits per heavy atom. The van der Waals surface area contributed by atoms with Crippen LogP contribution in [-0.4, -0.2) is 18.6 Å². The van der Waals surface area contributed by atoms with E-state index >= 15 is 0 Å². The summed E-state index contributed by atoms with van der Waals surface area (Å²) in [6.45, 7) is 2.13. The lowest BCUT2D eigenvalue weighted by Gasteiger charge is -2.14. The first-order chi connectivity index (χ1) is 11.6. The van der Waals surface area contributed by atoms with Gasteiger partial charge in [-0.3, -0.25) is 15.0 Å². The smallest absolute Gasteiger partial charge is 0.282 e. The molecular formula is C18H14N2O4. The molecule has 2 aliphatic heterocycles. The second-order valence-electron chi connectivity index (χ2n) is 5.59. The number of nitrogens with one attached hydrogen (secondary N) is 1. The van der Waals surface area contributed by atoms with E-state index in [1.165, 1.54) is 5.01 Å². The normalized spacial score (nSPS) is 17.5. The number of aryl methyl sites for hydroxylation is 1. The van der Waals surface area contributed by atoms with Crippen molar-refractivity contribution in [2.75, 3.05) is 11.8 Å². The zero-order valence-corrected chi connectivity index (χ0v) is 12.9. The molecule has 4 rings (SSSR count). The zero-order chi connectivity index (χ0) is 16.7. The van der Waals surface area contributed by atoms with Gasteiger partial charge in [0.2, 0.25) is 6.79 Å². The van der Waals surface area contributed by atoms with Gasteiger partial charge in [-0.1, -0.05) is 23.8 Å². The van der Waals surface area contributed by atoms with E-state index in [9.17, 15) is 9.59 Å². The molecule has 0 atom stereocenters. The quantitative estimate of drug-likeness (QED) is 0.680. The summed E-state index contributed by atoms with van der Waals surface area (Å²) >= 11 is 0. The van der Waals surface area contributed by atoms with Crippen molar-refractivity contribution in [1.29, 1.82) is 0 Å². The maximum absolute atomic E-state index is 12.6. The van der Waals surface area contributed by atoms with Gasteiger partial charge in [-0.05, 0) is 42.8 Å². The van der Waals surface area contributed by atoms with Crippen molar-refractivity contribution in [1.82, 2.24) is 5.43 Å². The number of carbonyl (C=O) groups excluding carboxylic acids is 2. The monoisotopic (exact) mass is 322 g/mol. The number of fused-ring (bicyclic) bond motifs is 1. The largest absolute Gasteiger partial charge is 0.454 e. The lowest BCUT2D eigenvalue weighted by molar-refractivity contribution is -0.117. The van der Waals surface area contributed by atoms with Gasteiger partial charge in [0.25, 0.3) is 11.8 Å². The number of nitrogens with zero attached hydrogens (tertiary/aromatic N) is 1. The third-order valence-corrected chi connectivity index (χ3v) is 3.89. The number of carbonyl (C=O) groups is 2. The fourth-order valence-electron chi connectivity index (χ4n) is 2.60. The van der Waals surface area contributed by atoms with Crippen molar-refractivity contribution in [3.8, 4) is 11.5 Å². The molecule has 2 aromatic rings. The molecule has 1 N–H and O–H groups in total. The molecule has 6 nitrogen and oxygen atoms in total. The Balaban J connectivity index is 1.65. The van der Waals surface area contributed by atoms with E-state index in [-0.39, 0.29) is 18.3 Å². The topological polar surface area (TPSA) is 67.9 Å². The molecular weight excluding hydrogens is 308 g/mol. The molecule has 1 fully saturated rings. The molecule has 0 bridgehead atoms. The standard InChI is InChI=1S/C18H14N2O4/c1-11-2-5-13(6-3-11)20-18(22)14(17(21)19-20)8-12-4-7-15-16(9-12)24-10-23-15/h2-9H,10H2,1H3,(H,19,21). The van der Waals surface area contributed by atoms with Crippen LogP contribution < -0.4 is 19.9 Å². The van der Waals surface area contributed by atoms with E-state index in [2.05, 4.69) is 5.43 Å². The highest BCUT2D eigenvalue weighted by molar-refractivity contribution is 6.31. The van der Waals surface area contributed by atoms with Gasteiger partial charge < -0.3 is 9.47 Å². The van der Waals surface area contributed by atoms with E-state index in [4.69, 9.17) is 9.47 Å².